The monoisotopic (exact) mass is 630 g/mol. The molecule has 198 valence electrons. The van der Waals surface area contributed by atoms with Gasteiger partial charge in [-0.15, -0.1) is 0 Å². The van der Waals surface area contributed by atoms with Crippen molar-refractivity contribution in [3.8, 4) is 17.2 Å². The molecule has 0 amide bonds. The second-order valence-corrected chi connectivity index (χ2v) is 10.7. The van der Waals surface area contributed by atoms with Gasteiger partial charge in [-0.1, -0.05) is 11.8 Å². The van der Waals surface area contributed by atoms with Crippen molar-refractivity contribution >= 4 is 39.5 Å². The minimum absolute atomic E-state index is 0.0122. The number of rotatable bonds is 6. The molecule has 35 heavy (non-hydrogen) atoms. The molecular weight excluding hydrogens is 599 g/mol. The standard InChI is InChI=1S/C22H31IO11S/c1-7-12(21(29)35-20-9(3)32-11(25)6-10(20)24)17(30-4)19(31-5)18(13(7)23)34-22-16(28)15(27)14(26)8(2)33-22/h8-11,14-16,20,22,24-28H,6H2,1-5H3/t8-,9+,10-,11?,14-,15+,16+,20+,22-/m0/s1. The first-order valence-electron chi connectivity index (χ1n) is 11.0. The minimum atomic E-state index is -1.55. The summed E-state index contributed by atoms with van der Waals surface area (Å²) in [6.07, 6.45) is -9.10. The molecule has 2 aliphatic heterocycles. The Balaban J connectivity index is 1.97. The van der Waals surface area contributed by atoms with Crippen LogP contribution >= 0.6 is 34.4 Å². The van der Waals surface area contributed by atoms with Crippen LogP contribution in [0.3, 0.4) is 0 Å². The van der Waals surface area contributed by atoms with E-state index in [9.17, 15) is 30.3 Å². The summed E-state index contributed by atoms with van der Waals surface area (Å²) in [5.41, 5.74) is 0.694. The third-order valence-corrected chi connectivity index (χ3v) is 8.78. The summed E-state index contributed by atoms with van der Waals surface area (Å²) in [5, 5.41) is 49.6. The van der Waals surface area contributed by atoms with Gasteiger partial charge in [-0.3, -0.25) is 4.79 Å². The van der Waals surface area contributed by atoms with Gasteiger partial charge < -0.3 is 49.2 Å². The number of aliphatic hydroxyl groups excluding tert-OH is 5. The Morgan fingerprint density at radius 1 is 0.943 bits per heavy atom. The lowest BCUT2D eigenvalue weighted by atomic mass is 10.00. The van der Waals surface area contributed by atoms with Crippen molar-refractivity contribution in [2.24, 2.45) is 0 Å². The molecule has 2 heterocycles. The zero-order valence-electron chi connectivity index (χ0n) is 19.9. The van der Waals surface area contributed by atoms with Crippen molar-refractivity contribution in [1.82, 2.24) is 0 Å². The minimum Gasteiger partial charge on any atom is -0.492 e. The van der Waals surface area contributed by atoms with Crippen LogP contribution in [0.4, 0.5) is 0 Å². The second kappa shape index (κ2) is 11.6. The molecule has 3 rings (SSSR count). The van der Waals surface area contributed by atoms with Gasteiger partial charge in [-0.05, 0) is 48.9 Å². The van der Waals surface area contributed by atoms with Gasteiger partial charge >= 0.3 is 0 Å². The number of hydrogen-bond acceptors (Lipinski definition) is 12. The predicted octanol–water partition coefficient (Wildman–Crippen LogP) is 0.553. The van der Waals surface area contributed by atoms with E-state index in [1.807, 2.05) is 22.6 Å². The Morgan fingerprint density at radius 3 is 2.14 bits per heavy atom. The summed E-state index contributed by atoms with van der Waals surface area (Å²) in [6, 6.07) is 0. The average Bonchev–Trinajstić information content (AvgIpc) is 2.80. The van der Waals surface area contributed by atoms with E-state index < -0.39 is 59.6 Å². The maximum Gasteiger partial charge on any atom is 0.229 e. The van der Waals surface area contributed by atoms with Crippen molar-refractivity contribution in [2.75, 3.05) is 14.2 Å². The number of ether oxygens (including phenoxy) is 5. The molecule has 13 heteroatoms. The number of halogens is 1. The Kier molecular flexibility index (Phi) is 9.54. The van der Waals surface area contributed by atoms with Crippen LogP contribution in [0.1, 0.15) is 36.2 Å². The number of thioether (sulfide) groups is 1. The molecule has 1 aromatic rings. The van der Waals surface area contributed by atoms with Crippen LogP contribution in [0, 0.1) is 10.5 Å². The molecule has 0 aromatic heterocycles. The lowest BCUT2D eigenvalue weighted by Gasteiger charge is -2.39. The van der Waals surface area contributed by atoms with Crippen LogP contribution in [0.2, 0.25) is 0 Å². The maximum atomic E-state index is 13.4. The van der Waals surface area contributed by atoms with Crippen LogP contribution in [-0.4, -0.2) is 99.3 Å². The second-order valence-electron chi connectivity index (χ2n) is 8.48. The zero-order chi connectivity index (χ0) is 26.2. The number of benzene rings is 1. The Labute approximate surface area is 220 Å². The Hall–Kier alpha value is -0.910. The molecule has 0 aliphatic carbocycles. The highest BCUT2D eigenvalue weighted by atomic mass is 127. The summed E-state index contributed by atoms with van der Waals surface area (Å²) in [7, 11) is 2.72. The largest absolute Gasteiger partial charge is 0.492 e. The molecule has 9 atom stereocenters. The van der Waals surface area contributed by atoms with Crippen molar-refractivity contribution < 1.29 is 54.0 Å². The van der Waals surface area contributed by atoms with E-state index in [0.29, 0.717) is 9.13 Å². The van der Waals surface area contributed by atoms with Gasteiger partial charge in [0.15, 0.2) is 17.8 Å². The molecule has 0 spiro atoms. The van der Waals surface area contributed by atoms with Crippen LogP contribution in [0.5, 0.6) is 17.2 Å². The third-order valence-electron chi connectivity index (χ3n) is 6.10. The summed E-state index contributed by atoms with van der Waals surface area (Å²) in [6.45, 7) is 4.89. The van der Waals surface area contributed by atoms with Crippen LogP contribution in [-0.2, 0) is 9.47 Å². The van der Waals surface area contributed by atoms with Gasteiger partial charge in [0.05, 0.1) is 46.9 Å². The highest BCUT2D eigenvalue weighted by Gasteiger charge is 2.44. The molecule has 11 nitrogen and oxygen atoms in total. The average molecular weight is 630 g/mol. The molecule has 1 aromatic carbocycles. The fraction of sp³-hybridized carbons (Fsp3) is 0.682. The molecule has 1 unspecified atom stereocenters. The molecule has 2 saturated heterocycles. The number of methoxy groups -OCH3 is 2. The van der Waals surface area contributed by atoms with E-state index in [4.69, 9.17) is 23.7 Å². The highest BCUT2D eigenvalue weighted by Crippen LogP contribution is 2.48. The van der Waals surface area contributed by atoms with E-state index in [0.717, 1.165) is 11.8 Å². The third kappa shape index (κ3) is 5.67. The van der Waals surface area contributed by atoms with Gasteiger partial charge in [-0.25, -0.2) is 0 Å². The number of carbonyl (C=O) groups is 1. The van der Waals surface area contributed by atoms with Gasteiger partial charge in [-0.2, -0.15) is 0 Å². The van der Waals surface area contributed by atoms with Gasteiger partial charge in [0.1, 0.15) is 18.3 Å². The molecule has 2 fully saturated rings. The van der Waals surface area contributed by atoms with Crippen LogP contribution in [0.25, 0.3) is 0 Å². The Bertz CT molecular complexity index is 919. The first kappa shape index (κ1) is 28.7. The number of aliphatic hydroxyl groups is 5. The van der Waals surface area contributed by atoms with Crippen LogP contribution < -0.4 is 14.2 Å². The maximum absolute atomic E-state index is 13.4. The van der Waals surface area contributed by atoms with E-state index >= 15 is 0 Å². The van der Waals surface area contributed by atoms with E-state index in [-0.39, 0.29) is 29.2 Å². The molecule has 0 bridgehead atoms. The van der Waals surface area contributed by atoms with Crippen molar-refractivity contribution in [2.45, 2.75) is 81.6 Å². The van der Waals surface area contributed by atoms with E-state index in [2.05, 4.69) is 0 Å². The van der Waals surface area contributed by atoms with Crippen molar-refractivity contribution in [1.29, 1.82) is 0 Å². The topological polar surface area (TPSA) is 164 Å². The molecule has 0 radical (unpaired) electrons. The first-order chi connectivity index (χ1) is 16.4. The molecular formula is C22H31IO11S. The summed E-state index contributed by atoms with van der Waals surface area (Å²) >= 11 is 2.84. The lowest BCUT2D eigenvalue weighted by Crippen LogP contribution is -2.58. The summed E-state index contributed by atoms with van der Waals surface area (Å²) in [4.78, 5) is 13.4. The SMILES string of the molecule is COc1c(O[C@@H]2O[C@@H](C)[C@H](O)[C@@H](O)[C@H]2O)c(I)c(C)c(C(=O)S[C@H]2[C@@H](O)CC(O)O[C@@H]2C)c1OC. The predicted molar refractivity (Wildman–Crippen MR) is 133 cm³/mol. The lowest BCUT2D eigenvalue weighted by molar-refractivity contribution is -0.268. The van der Waals surface area contributed by atoms with Crippen molar-refractivity contribution in [3.05, 3.63) is 14.7 Å². The highest BCUT2D eigenvalue weighted by molar-refractivity contribution is 14.1. The zero-order valence-corrected chi connectivity index (χ0v) is 22.8. The first-order valence-corrected chi connectivity index (χ1v) is 12.9. The number of hydrogen-bond donors (Lipinski definition) is 5. The molecule has 0 saturated carbocycles. The van der Waals surface area contributed by atoms with Crippen LogP contribution in [0.15, 0.2) is 0 Å². The van der Waals surface area contributed by atoms with Gasteiger partial charge in [0.25, 0.3) is 0 Å². The normalized spacial score (nSPS) is 35.5. The van der Waals surface area contributed by atoms with Gasteiger partial charge in [0.2, 0.25) is 17.2 Å². The smallest absolute Gasteiger partial charge is 0.229 e. The number of carbonyl (C=O) groups excluding carboxylic acids is 1. The van der Waals surface area contributed by atoms with E-state index in [1.165, 1.54) is 21.1 Å². The molecule has 2 aliphatic rings. The summed E-state index contributed by atoms with van der Waals surface area (Å²) < 4.78 is 28.3. The summed E-state index contributed by atoms with van der Waals surface area (Å²) in [5.74, 6) is 0.275. The Morgan fingerprint density at radius 2 is 1.57 bits per heavy atom. The quantitative estimate of drug-likeness (QED) is 0.278. The molecule has 5 N–H and O–H groups in total. The van der Waals surface area contributed by atoms with E-state index in [1.54, 1.807) is 13.8 Å². The van der Waals surface area contributed by atoms with Gasteiger partial charge in [0, 0.05) is 6.42 Å². The van der Waals surface area contributed by atoms with Crippen molar-refractivity contribution in [3.63, 3.8) is 0 Å². The fourth-order valence-electron chi connectivity index (χ4n) is 4.12. The fourth-order valence-corrected chi connectivity index (χ4v) is 5.89.